The van der Waals surface area contributed by atoms with Crippen LogP contribution in [0.1, 0.15) is 0 Å². The molecule has 0 atom stereocenters. The molecule has 11 heteroatoms. The minimum atomic E-state index is -4.98. The quantitative estimate of drug-likeness (QED) is 0.274. The molecule has 0 bridgehead atoms. The third kappa shape index (κ3) is 5.55. The molecule has 3 aromatic rings. The first-order valence-corrected chi connectivity index (χ1v) is 19.9. The molecule has 1 heterocycles. The third-order valence-electron chi connectivity index (χ3n) is 3.53. The number of nitro benzene ring substituents is 2. The van der Waals surface area contributed by atoms with Crippen LogP contribution in [0.5, 0.6) is 0 Å². The van der Waals surface area contributed by atoms with Gasteiger partial charge >= 0.3 is 137 Å². The molecule has 0 aliphatic rings. The van der Waals surface area contributed by atoms with Crippen molar-refractivity contribution >= 4 is 58.9 Å². The van der Waals surface area contributed by atoms with Crippen LogP contribution in [0.15, 0.2) is 79.1 Å². The van der Waals surface area contributed by atoms with Gasteiger partial charge in [0.05, 0.1) is 0 Å². The van der Waals surface area contributed by atoms with Gasteiger partial charge in [0.15, 0.2) is 0 Å². The van der Waals surface area contributed by atoms with E-state index in [0.717, 1.165) is 0 Å². The van der Waals surface area contributed by atoms with Crippen molar-refractivity contribution < 1.29 is 9.85 Å². The molecule has 0 unspecified atom stereocenters. The van der Waals surface area contributed by atoms with Crippen molar-refractivity contribution in [3.05, 3.63) is 99.4 Å². The fourth-order valence-corrected chi connectivity index (χ4v) is 11.1. The average molecular weight is 551 g/mol. The molecular weight excluding hydrogens is 538 g/mol. The van der Waals surface area contributed by atoms with E-state index >= 15 is 0 Å². The molecule has 0 spiro atoms. The van der Waals surface area contributed by atoms with Crippen molar-refractivity contribution in [1.29, 1.82) is 0 Å². The molecule has 2 aromatic carbocycles. The van der Waals surface area contributed by atoms with Crippen molar-refractivity contribution in [3.8, 4) is 0 Å². The number of rotatable bonds is 4. The molecule has 1 aromatic heterocycles. The summed E-state index contributed by atoms with van der Waals surface area (Å²) in [4.78, 5) is 24.0. The largest absolute Gasteiger partial charge is 0.265 e. The summed E-state index contributed by atoms with van der Waals surface area (Å²) in [6.07, 6.45) is 3.50. The topological polar surface area (TPSA) is 99.2 Å². The Morgan fingerprint density at radius 3 is 1.25 bits per heavy atom. The summed E-state index contributed by atoms with van der Waals surface area (Å²) in [6, 6.07) is 16.4. The summed E-state index contributed by atoms with van der Waals surface area (Å²) in [5.74, 6) is 0. The fraction of sp³-hybridized carbons (Fsp3) is 0. The Morgan fingerprint density at radius 2 is 1.04 bits per heavy atom. The van der Waals surface area contributed by atoms with E-state index in [4.69, 9.17) is 26.5 Å². The van der Waals surface area contributed by atoms with E-state index in [0.29, 0.717) is 7.02 Å². The minimum absolute atomic E-state index is 0.110. The number of hydrogen-bond donors (Lipinski definition) is 0. The van der Waals surface area contributed by atoms with Gasteiger partial charge in [-0.1, -0.05) is 6.07 Å². The van der Waals surface area contributed by atoms with Crippen molar-refractivity contribution in [2.75, 3.05) is 0 Å². The van der Waals surface area contributed by atoms with E-state index in [-0.39, 0.29) is 11.4 Å². The van der Waals surface area contributed by atoms with Gasteiger partial charge in [0.1, 0.15) is 0 Å². The van der Waals surface area contributed by atoms with Crippen LogP contribution in [0.3, 0.4) is 0 Å². The van der Waals surface area contributed by atoms with E-state index in [1.165, 1.54) is 48.5 Å². The number of non-ortho nitro benzene ring substituents is 2. The van der Waals surface area contributed by atoms with Crippen LogP contribution in [0, 0.1) is 20.2 Å². The van der Waals surface area contributed by atoms with Crippen LogP contribution >= 0.6 is 26.5 Å². The molecule has 0 aliphatic carbocycles. The molecular formula is C17H13Cl3N3O4Sb. The maximum atomic E-state index is 10.7. The second-order valence-electron chi connectivity index (χ2n) is 5.38. The summed E-state index contributed by atoms with van der Waals surface area (Å²) in [7, 11) is 19.5. The number of nitrogens with zero attached hydrogens (tertiary/aromatic N) is 3. The SMILES string of the molecule is O=[N+]([O-])c1cc[c]([Sb]([Cl])([Cl])([Cl])[c]2ccc([N+](=O)[O-])cc2)cc1.c1ccncc1. The molecule has 7 nitrogen and oxygen atoms in total. The van der Waals surface area contributed by atoms with Crippen LogP contribution in [-0.4, -0.2) is 28.8 Å². The molecule has 0 fully saturated rings. The number of nitro groups is 2. The molecule has 0 amide bonds. The van der Waals surface area contributed by atoms with Gasteiger partial charge in [0.2, 0.25) is 0 Å². The van der Waals surface area contributed by atoms with Gasteiger partial charge in [-0.2, -0.15) is 0 Å². The van der Waals surface area contributed by atoms with Gasteiger partial charge in [-0.25, -0.2) is 0 Å². The molecule has 0 saturated carbocycles. The normalized spacial score (nSPS) is 12.0. The number of hydrogen-bond acceptors (Lipinski definition) is 5. The second kappa shape index (κ2) is 9.05. The van der Waals surface area contributed by atoms with Crippen molar-refractivity contribution in [1.82, 2.24) is 4.98 Å². The monoisotopic (exact) mass is 549 g/mol. The van der Waals surface area contributed by atoms with Gasteiger partial charge in [-0.05, 0) is 12.1 Å². The van der Waals surface area contributed by atoms with Gasteiger partial charge < -0.3 is 0 Å². The van der Waals surface area contributed by atoms with Crippen LogP contribution in [0.25, 0.3) is 0 Å². The van der Waals surface area contributed by atoms with E-state index < -0.39 is 23.8 Å². The van der Waals surface area contributed by atoms with Crippen LogP contribution in [0.2, 0.25) is 0 Å². The van der Waals surface area contributed by atoms with Crippen molar-refractivity contribution in [2.45, 2.75) is 0 Å². The maximum absolute atomic E-state index is 10.7. The van der Waals surface area contributed by atoms with Crippen molar-refractivity contribution in [2.24, 2.45) is 0 Å². The summed E-state index contributed by atoms with van der Waals surface area (Å²) in [6.45, 7) is 0. The molecule has 146 valence electrons. The Balaban J connectivity index is 0.000000397. The zero-order valence-electron chi connectivity index (χ0n) is 14.1. The summed E-state index contributed by atoms with van der Waals surface area (Å²) in [5.41, 5.74) is -0.219. The predicted octanol–water partition coefficient (Wildman–Crippen LogP) is 4.31. The van der Waals surface area contributed by atoms with Gasteiger partial charge in [-0.15, -0.1) is 0 Å². The van der Waals surface area contributed by atoms with Gasteiger partial charge in [-0.3, -0.25) is 4.98 Å². The second-order valence-corrected chi connectivity index (χ2v) is 30.0. The van der Waals surface area contributed by atoms with Crippen LogP contribution < -0.4 is 7.02 Å². The first-order chi connectivity index (χ1) is 13.1. The Hall–Kier alpha value is -1.92. The smallest absolute Gasteiger partial charge is 0.0267 e. The molecule has 0 N–H and O–H groups in total. The number of benzene rings is 2. The molecule has 0 saturated heterocycles. The van der Waals surface area contributed by atoms with Gasteiger partial charge in [0, 0.05) is 12.4 Å². The standard InChI is InChI=1S/2C6H4NO2.C5H5N.3ClH.Sb/c2*8-7(9)6-4-2-1-3-5-6;1-2-4-6-5-3-1;;;;/h2*2-5H;1-5H;3*1H;/q;;;;;;+3/p-3. The molecule has 0 radical (unpaired) electrons. The summed E-state index contributed by atoms with van der Waals surface area (Å²) < 4.78 is 0.773. The first kappa shape index (κ1) is 22.4. The average Bonchev–Trinajstić information content (AvgIpc) is 2.69. The maximum Gasteiger partial charge on any atom is 0.0267 e. The fourth-order valence-electron chi connectivity index (χ4n) is 2.10. The van der Waals surface area contributed by atoms with E-state index in [9.17, 15) is 20.2 Å². The molecule has 28 heavy (non-hydrogen) atoms. The Bertz CT molecular complexity index is 875. The Labute approximate surface area is 172 Å². The number of halogens is 3. The first-order valence-electron chi connectivity index (χ1n) is 7.62. The Morgan fingerprint density at radius 1 is 0.679 bits per heavy atom. The summed E-state index contributed by atoms with van der Waals surface area (Å²) >= 11 is -4.98. The third-order valence-corrected chi connectivity index (χ3v) is 17.9. The van der Waals surface area contributed by atoms with Gasteiger partial charge in [0.25, 0.3) is 0 Å². The van der Waals surface area contributed by atoms with Crippen molar-refractivity contribution in [3.63, 3.8) is 0 Å². The number of pyridine rings is 1. The van der Waals surface area contributed by atoms with Crippen LogP contribution in [-0.2, 0) is 0 Å². The zero-order chi connectivity index (χ0) is 20.8. The predicted molar refractivity (Wildman–Crippen MR) is 113 cm³/mol. The Kier molecular flexibility index (Phi) is 7.23. The zero-order valence-corrected chi connectivity index (χ0v) is 18.9. The molecule has 3 rings (SSSR count). The van der Waals surface area contributed by atoms with E-state index in [2.05, 4.69) is 4.98 Å². The summed E-state index contributed by atoms with van der Waals surface area (Å²) in [5, 5.41) is 21.3. The molecule has 0 aliphatic heterocycles. The van der Waals surface area contributed by atoms with E-state index in [1.807, 2.05) is 18.2 Å². The number of aromatic nitrogens is 1. The van der Waals surface area contributed by atoms with Crippen LogP contribution in [0.4, 0.5) is 11.4 Å². The van der Waals surface area contributed by atoms with E-state index in [1.54, 1.807) is 12.4 Å². The minimum Gasteiger partial charge on any atom is -0.265 e.